The maximum Gasteiger partial charge on any atom is 0.415 e. The van der Waals surface area contributed by atoms with Crippen LogP contribution in [0.1, 0.15) is 6.92 Å². The summed E-state index contributed by atoms with van der Waals surface area (Å²) in [6.07, 6.45) is -6.85. The van der Waals surface area contributed by atoms with Gasteiger partial charge in [-0.05, 0) is 14.0 Å². The largest absolute Gasteiger partial charge is 0.415 e. The van der Waals surface area contributed by atoms with Crippen LogP contribution in [0, 0.1) is 0 Å². The molecule has 0 fully saturated rings. The molecule has 0 saturated heterocycles. The lowest BCUT2D eigenvalue weighted by atomic mass is 10.2. The quantitative estimate of drug-likeness (QED) is 0.738. The molecule has 0 aromatic rings. The molecule has 6 heteroatoms. The van der Waals surface area contributed by atoms with E-state index in [-0.39, 0.29) is 6.04 Å². The van der Waals surface area contributed by atoms with Gasteiger partial charge in [-0.3, -0.25) is 4.90 Å². The maximum absolute atomic E-state index is 12.0. The van der Waals surface area contributed by atoms with E-state index in [0.717, 1.165) is 0 Å². The molecular weight excluding hydrogens is 199 g/mol. The molecule has 0 heterocycles. The van der Waals surface area contributed by atoms with Crippen molar-refractivity contribution in [2.45, 2.75) is 25.2 Å². The van der Waals surface area contributed by atoms with E-state index in [1.165, 1.54) is 19.1 Å². The summed E-state index contributed by atoms with van der Waals surface area (Å²) >= 11 is 0. The van der Waals surface area contributed by atoms with Gasteiger partial charge in [-0.2, -0.15) is 13.2 Å². The van der Waals surface area contributed by atoms with Crippen molar-refractivity contribution in [3.05, 3.63) is 0 Å². The molecule has 2 unspecified atom stereocenters. The molecule has 0 aliphatic heterocycles. The average molecular weight is 215 g/mol. The lowest BCUT2D eigenvalue weighted by Gasteiger charge is -2.27. The highest BCUT2D eigenvalue weighted by Gasteiger charge is 2.39. The number of aliphatic hydroxyl groups is 1. The Bertz CT molecular complexity index is 163. The van der Waals surface area contributed by atoms with Crippen molar-refractivity contribution in [1.82, 2.24) is 4.90 Å². The van der Waals surface area contributed by atoms with Crippen LogP contribution in [0.5, 0.6) is 0 Å². The number of methoxy groups -OCH3 is 1. The Labute approximate surface area is 81.5 Å². The molecule has 2 atom stereocenters. The van der Waals surface area contributed by atoms with Crippen LogP contribution in [-0.4, -0.2) is 55.6 Å². The van der Waals surface area contributed by atoms with Gasteiger partial charge in [-0.15, -0.1) is 0 Å². The molecule has 0 amide bonds. The molecule has 0 rings (SSSR count). The van der Waals surface area contributed by atoms with Crippen LogP contribution in [0.25, 0.3) is 0 Å². The summed E-state index contributed by atoms with van der Waals surface area (Å²) in [5, 5.41) is 8.77. The van der Waals surface area contributed by atoms with Crippen LogP contribution in [-0.2, 0) is 4.74 Å². The summed E-state index contributed by atoms with van der Waals surface area (Å²) in [7, 11) is 2.99. The van der Waals surface area contributed by atoms with Gasteiger partial charge < -0.3 is 9.84 Å². The third kappa shape index (κ3) is 4.78. The van der Waals surface area contributed by atoms with E-state index < -0.39 is 18.8 Å². The molecule has 1 N–H and O–H groups in total. The Morgan fingerprint density at radius 1 is 1.43 bits per heavy atom. The second-order valence-electron chi connectivity index (χ2n) is 3.30. The molecular formula is C8H16F3NO2. The number of hydrogen-bond acceptors (Lipinski definition) is 3. The second-order valence-corrected chi connectivity index (χ2v) is 3.30. The normalized spacial score (nSPS) is 17.1. The zero-order valence-corrected chi connectivity index (χ0v) is 8.51. The van der Waals surface area contributed by atoms with Gasteiger partial charge in [0.2, 0.25) is 0 Å². The van der Waals surface area contributed by atoms with E-state index in [1.54, 1.807) is 6.92 Å². The van der Waals surface area contributed by atoms with Crippen molar-refractivity contribution in [1.29, 1.82) is 0 Å². The van der Waals surface area contributed by atoms with Crippen molar-refractivity contribution in [3.63, 3.8) is 0 Å². The van der Waals surface area contributed by atoms with E-state index >= 15 is 0 Å². The van der Waals surface area contributed by atoms with Crippen molar-refractivity contribution in [2.75, 3.05) is 27.3 Å². The zero-order valence-electron chi connectivity index (χ0n) is 8.51. The molecule has 0 radical (unpaired) electrons. The van der Waals surface area contributed by atoms with Gasteiger partial charge in [-0.25, -0.2) is 0 Å². The van der Waals surface area contributed by atoms with Gasteiger partial charge in [0.1, 0.15) is 0 Å². The van der Waals surface area contributed by atoms with Crippen molar-refractivity contribution < 1.29 is 23.0 Å². The molecule has 0 aliphatic carbocycles. The van der Waals surface area contributed by atoms with Crippen molar-refractivity contribution in [3.8, 4) is 0 Å². The lowest BCUT2D eigenvalue weighted by Crippen LogP contribution is -2.43. The lowest BCUT2D eigenvalue weighted by molar-refractivity contribution is -0.208. The Kier molecular flexibility index (Phi) is 5.40. The summed E-state index contributed by atoms with van der Waals surface area (Å²) in [6.45, 7) is 1.63. The van der Waals surface area contributed by atoms with E-state index in [2.05, 4.69) is 0 Å². The fourth-order valence-electron chi connectivity index (χ4n) is 0.925. The van der Waals surface area contributed by atoms with Crippen LogP contribution < -0.4 is 0 Å². The van der Waals surface area contributed by atoms with E-state index in [0.29, 0.717) is 6.61 Å². The number of aliphatic hydroxyl groups excluding tert-OH is 1. The van der Waals surface area contributed by atoms with Crippen LogP contribution in [0.2, 0.25) is 0 Å². The van der Waals surface area contributed by atoms with Gasteiger partial charge in [0.05, 0.1) is 6.61 Å². The predicted octanol–water partition coefficient (Wildman–Crippen LogP) is 0.876. The molecule has 0 saturated carbocycles. The first-order valence-corrected chi connectivity index (χ1v) is 4.23. The monoisotopic (exact) mass is 215 g/mol. The minimum Gasteiger partial charge on any atom is -0.383 e. The Hall–Kier alpha value is -0.330. The highest BCUT2D eigenvalue weighted by molar-refractivity contribution is 4.72. The van der Waals surface area contributed by atoms with Crippen LogP contribution in [0.3, 0.4) is 0 Å². The summed E-state index contributed by atoms with van der Waals surface area (Å²) in [6, 6.07) is -0.156. The molecule has 0 aromatic heterocycles. The van der Waals surface area contributed by atoms with E-state index in [4.69, 9.17) is 9.84 Å². The molecule has 0 spiro atoms. The molecule has 0 aromatic carbocycles. The average Bonchev–Trinajstić information content (AvgIpc) is 2.02. The Balaban J connectivity index is 3.99. The van der Waals surface area contributed by atoms with Crippen molar-refractivity contribution in [2.24, 2.45) is 0 Å². The Morgan fingerprint density at radius 2 is 1.93 bits per heavy atom. The third-order valence-electron chi connectivity index (χ3n) is 2.00. The SMILES string of the molecule is COCC(C)N(C)CC(O)C(F)(F)F. The highest BCUT2D eigenvalue weighted by Crippen LogP contribution is 2.20. The molecule has 14 heavy (non-hydrogen) atoms. The number of rotatable bonds is 5. The molecule has 0 aliphatic rings. The van der Waals surface area contributed by atoms with E-state index in [1.807, 2.05) is 0 Å². The summed E-state index contributed by atoms with van der Waals surface area (Å²) < 4.78 is 40.6. The summed E-state index contributed by atoms with van der Waals surface area (Å²) in [5.41, 5.74) is 0. The standard InChI is InChI=1S/C8H16F3NO2/c1-6(5-14-3)12(2)4-7(13)8(9,10)11/h6-7,13H,4-5H2,1-3H3. The van der Waals surface area contributed by atoms with Crippen LogP contribution in [0.15, 0.2) is 0 Å². The Morgan fingerprint density at radius 3 is 2.29 bits per heavy atom. The number of alkyl halides is 3. The zero-order chi connectivity index (χ0) is 11.4. The number of halogens is 3. The number of likely N-dealkylation sites (N-methyl/N-ethyl adjacent to an activating group) is 1. The minimum atomic E-state index is -4.55. The highest BCUT2D eigenvalue weighted by atomic mass is 19.4. The minimum absolute atomic E-state index is 0.156. The molecule has 3 nitrogen and oxygen atoms in total. The summed E-state index contributed by atoms with van der Waals surface area (Å²) in [5.74, 6) is 0. The molecule has 0 bridgehead atoms. The van der Waals surface area contributed by atoms with Gasteiger partial charge in [-0.1, -0.05) is 0 Å². The van der Waals surface area contributed by atoms with Gasteiger partial charge >= 0.3 is 6.18 Å². The fourth-order valence-corrected chi connectivity index (χ4v) is 0.925. The topological polar surface area (TPSA) is 32.7 Å². The maximum atomic E-state index is 12.0. The first-order valence-electron chi connectivity index (χ1n) is 4.23. The van der Waals surface area contributed by atoms with Gasteiger partial charge in [0.15, 0.2) is 6.10 Å². The van der Waals surface area contributed by atoms with E-state index in [9.17, 15) is 13.2 Å². The smallest absolute Gasteiger partial charge is 0.383 e. The third-order valence-corrected chi connectivity index (χ3v) is 2.00. The first kappa shape index (κ1) is 13.7. The molecule has 86 valence electrons. The van der Waals surface area contributed by atoms with Crippen LogP contribution in [0.4, 0.5) is 13.2 Å². The van der Waals surface area contributed by atoms with Gasteiger partial charge in [0, 0.05) is 19.7 Å². The predicted molar refractivity (Wildman–Crippen MR) is 46.0 cm³/mol. The number of nitrogens with zero attached hydrogens (tertiary/aromatic N) is 1. The van der Waals surface area contributed by atoms with Crippen LogP contribution >= 0.6 is 0 Å². The number of hydrogen-bond donors (Lipinski definition) is 1. The second kappa shape index (κ2) is 5.53. The van der Waals surface area contributed by atoms with Crippen molar-refractivity contribution >= 4 is 0 Å². The fraction of sp³-hybridized carbons (Fsp3) is 1.00. The summed E-state index contributed by atoms with van der Waals surface area (Å²) in [4.78, 5) is 1.40. The first-order chi connectivity index (χ1) is 6.29. The van der Waals surface area contributed by atoms with Gasteiger partial charge in [0.25, 0.3) is 0 Å². The number of ether oxygens (including phenoxy) is 1.